The number of rotatable bonds is 2. The Bertz CT molecular complexity index is 788. The van der Waals surface area contributed by atoms with E-state index in [4.69, 9.17) is 0 Å². The van der Waals surface area contributed by atoms with Crippen molar-refractivity contribution in [3.8, 4) is 0 Å². The van der Waals surface area contributed by atoms with Gasteiger partial charge in [-0.3, -0.25) is 13.9 Å². The second kappa shape index (κ2) is 5.28. The van der Waals surface area contributed by atoms with E-state index < -0.39 is 12.3 Å². The molecule has 2 aromatic rings. The number of aromatic nitrogens is 2. The van der Waals surface area contributed by atoms with Crippen molar-refractivity contribution in [2.45, 2.75) is 44.9 Å². The van der Waals surface area contributed by atoms with Crippen LogP contribution in [0.25, 0.3) is 11.0 Å². The smallest absolute Gasteiger partial charge is 0.329 e. The standard InChI is InChI=1S/C16H21N3O3/c1-9(2)10-5-4-6-11-14(10)18(3)16(22)19(11)12-7-8-13(20)17-15(12)21/h4-6,9,12-13,20H,7-8H2,1-3H3,(H,17,21). The van der Waals surface area contributed by atoms with Gasteiger partial charge in [0.15, 0.2) is 0 Å². The number of carbonyl (C=O) groups excluding carboxylic acids is 1. The first kappa shape index (κ1) is 14.8. The SMILES string of the molecule is CC(C)c1cccc2c1n(C)c(=O)n2C1CCC(O)NC1=O. The molecular weight excluding hydrogens is 282 g/mol. The number of aliphatic hydroxyl groups is 1. The number of aryl methyl sites for hydroxylation is 1. The lowest BCUT2D eigenvalue weighted by Gasteiger charge is -2.26. The van der Waals surface area contributed by atoms with Crippen LogP contribution in [0.15, 0.2) is 23.0 Å². The summed E-state index contributed by atoms with van der Waals surface area (Å²) in [4.78, 5) is 24.9. The number of imidazole rings is 1. The number of amides is 1. The van der Waals surface area contributed by atoms with E-state index in [-0.39, 0.29) is 17.5 Å². The number of hydrogen-bond donors (Lipinski definition) is 2. The largest absolute Gasteiger partial charge is 0.374 e. The molecule has 118 valence electrons. The van der Waals surface area contributed by atoms with Gasteiger partial charge in [-0.2, -0.15) is 0 Å². The topological polar surface area (TPSA) is 76.3 Å². The molecular formula is C16H21N3O3. The Kier molecular flexibility index (Phi) is 3.56. The number of carbonyl (C=O) groups is 1. The lowest BCUT2D eigenvalue weighted by atomic mass is 10.0. The van der Waals surface area contributed by atoms with E-state index in [1.807, 2.05) is 18.2 Å². The molecule has 2 unspecified atom stereocenters. The third kappa shape index (κ3) is 2.14. The van der Waals surface area contributed by atoms with E-state index >= 15 is 0 Å². The minimum absolute atomic E-state index is 0.195. The van der Waals surface area contributed by atoms with Crippen LogP contribution < -0.4 is 11.0 Å². The van der Waals surface area contributed by atoms with Crippen molar-refractivity contribution >= 4 is 16.9 Å². The van der Waals surface area contributed by atoms with Crippen LogP contribution >= 0.6 is 0 Å². The summed E-state index contributed by atoms with van der Waals surface area (Å²) in [7, 11) is 1.74. The van der Waals surface area contributed by atoms with Crippen molar-refractivity contribution in [1.29, 1.82) is 0 Å². The normalized spacial score (nSPS) is 22.3. The van der Waals surface area contributed by atoms with Crippen LogP contribution in [-0.2, 0) is 11.8 Å². The minimum Gasteiger partial charge on any atom is -0.374 e. The fourth-order valence-corrected chi connectivity index (χ4v) is 3.26. The van der Waals surface area contributed by atoms with Crippen LogP contribution in [0.2, 0.25) is 0 Å². The highest BCUT2D eigenvalue weighted by atomic mass is 16.3. The summed E-state index contributed by atoms with van der Waals surface area (Å²) in [6.45, 7) is 4.17. The zero-order valence-electron chi connectivity index (χ0n) is 13.0. The van der Waals surface area contributed by atoms with Crippen LogP contribution in [0, 0.1) is 0 Å². The van der Waals surface area contributed by atoms with Gasteiger partial charge in [0.05, 0.1) is 11.0 Å². The quantitative estimate of drug-likeness (QED) is 0.876. The molecule has 0 bridgehead atoms. The molecule has 1 amide bonds. The van der Waals surface area contributed by atoms with E-state index in [1.165, 1.54) is 0 Å². The molecule has 6 nitrogen and oxygen atoms in total. The van der Waals surface area contributed by atoms with Crippen molar-refractivity contribution < 1.29 is 9.90 Å². The number of aliphatic hydroxyl groups excluding tert-OH is 1. The third-order valence-corrected chi connectivity index (χ3v) is 4.39. The van der Waals surface area contributed by atoms with Gasteiger partial charge in [-0.25, -0.2) is 4.79 Å². The minimum atomic E-state index is -0.819. The molecule has 1 aliphatic rings. The van der Waals surface area contributed by atoms with Gasteiger partial charge >= 0.3 is 5.69 Å². The summed E-state index contributed by atoms with van der Waals surface area (Å²) >= 11 is 0. The third-order valence-electron chi connectivity index (χ3n) is 4.39. The van der Waals surface area contributed by atoms with E-state index in [0.717, 1.165) is 16.6 Å². The predicted octanol–water partition coefficient (Wildman–Crippen LogP) is 1.23. The molecule has 22 heavy (non-hydrogen) atoms. The molecule has 0 saturated carbocycles. The van der Waals surface area contributed by atoms with Gasteiger partial charge < -0.3 is 10.4 Å². The molecule has 1 saturated heterocycles. The number of fused-ring (bicyclic) bond motifs is 1. The highest BCUT2D eigenvalue weighted by Gasteiger charge is 2.31. The number of piperidine rings is 1. The molecule has 1 fully saturated rings. The zero-order chi connectivity index (χ0) is 16.0. The Balaban J connectivity index is 2.23. The molecule has 1 aromatic carbocycles. The molecule has 0 aliphatic carbocycles. The maximum absolute atomic E-state index is 12.7. The first-order chi connectivity index (χ1) is 10.4. The Morgan fingerprint density at radius 1 is 1.27 bits per heavy atom. The van der Waals surface area contributed by atoms with Gasteiger partial charge in [0.2, 0.25) is 5.91 Å². The van der Waals surface area contributed by atoms with Crippen molar-refractivity contribution in [1.82, 2.24) is 14.5 Å². The average molecular weight is 303 g/mol. The van der Waals surface area contributed by atoms with Gasteiger partial charge in [-0.1, -0.05) is 26.0 Å². The summed E-state index contributed by atoms with van der Waals surface area (Å²) in [5.74, 6) is -0.0181. The van der Waals surface area contributed by atoms with Crippen molar-refractivity contribution in [2.24, 2.45) is 7.05 Å². The Morgan fingerprint density at radius 2 is 2.00 bits per heavy atom. The van der Waals surface area contributed by atoms with Crippen LogP contribution in [-0.4, -0.2) is 26.4 Å². The van der Waals surface area contributed by atoms with Gasteiger partial charge in [-0.15, -0.1) is 0 Å². The Morgan fingerprint density at radius 3 is 2.64 bits per heavy atom. The molecule has 0 spiro atoms. The number of hydrogen-bond acceptors (Lipinski definition) is 3. The van der Waals surface area contributed by atoms with Gasteiger partial charge in [0, 0.05) is 7.05 Å². The van der Waals surface area contributed by atoms with Crippen molar-refractivity contribution in [2.75, 3.05) is 0 Å². The first-order valence-corrected chi connectivity index (χ1v) is 7.60. The van der Waals surface area contributed by atoms with Crippen molar-refractivity contribution in [3.05, 3.63) is 34.2 Å². The monoisotopic (exact) mass is 303 g/mol. The maximum Gasteiger partial charge on any atom is 0.329 e. The van der Waals surface area contributed by atoms with Crippen LogP contribution in [0.4, 0.5) is 0 Å². The summed E-state index contributed by atoms with van der Waals surface area (Å²) in [6.07, 6.45) is 0.0850. The van der Waals surface area contributed by atoms with E-state index in [2.05, 4.69) is 19.2 Å². The highest BCUT2D eigenvalue weighted by Crippen LogP contribution is 2.28. The molecule has 1 aromatic heterocycles. The fourth-order valence-electron chi connectivity index (χ4n) is 3.26. The fraction of sp³-hybridized carbons (Fsp3) is 0.500. The molecule has 3 rings (SSSR count). The molecule has 2 heterocycles. The molecule has 6 heteroatoms. The molecule has 1 aliphatic heterocycles. The predicted molar refractivity (Wildman–Crippen MR) is 83.7 cm³/mol. The van der Waals surface area contributed by atoms with Crippen LogP contribution in [0.5, 0.6) is 0 Å². The molecule has 2 atom stereocenters. The van der Waals surface area contributed by atoms with Crippen LogP contribution in [0.1, 0.15) is 44.2 Å². The summed E-state index contributed by atoms with van der Waals surface area (Å²) < 4.78 is 3.17. The summed E-state index contributed by atoms with van der Waals surface area (Å²) in [5.41, 5.74) is 2.54. The number of nitrogens with zero attached hydrogens (tertiary/aromatic N) is 2. The van der Waals surface area contributed by atoms with E-state index in [1.54, 1.807) is 16.2 Å². The first-order valence-electron chi connectivity index (χ1n) is 7.60. The second-order valence-electron chi connectivity index (χ2n) is 6.20. The average Bonchev–Trinajstić information content (AvgIpc) is 2.72. The number of nitrogens with one attached hydrogen (secondary N) is 1. The Labute approximate surface area is 128 Å². The van der Waals surface area contributed by atoms with Gasteiger partial charge in [0.25, 0.3) is 0 Å². The van der Waals surface area contributed by atoms with E-state index in [9.17, 15) is 14.7 Å². The van der Waals surface area contributed by atoms with Gasteiger partial charge in [0.1, 0.15) is 12.3 Å². The van der Waals surface area contributed by atoms with Gasteiger partial charge in [-0.05, 0) is 30.4 Å². The van der Waals surface area contributed by atoms with Crippen LogP contribution in [0.3, 0.4) is 0 Å². The Hall–Kier alpha value is -2.08. The number of para-hydroxylation sites is 1. The number of benzene rings is 1. The summed E-state index contributed by atoms with van der Waals surface area (Å²) in [6, 6.07) is 5.24. The lowest BCUT2D eigenvalue weighted by molar-refractivity contribution is -0.130. The lowest BCUT2D eigenvalue weighted by Crippen LogP contribution is -2.46. The van der Waals surface area contributed by atoms with E-state index in [0.29, 0.717) is 12.8 Å². The highest BCUT2D eigenvalue weighted by molar-refractivity contribution is 5.86. The van der Waals surface area contributed by atoms with Crippen molar-refractivity contribution in [3.63, 3.8) is 0 Å². The molecule has 2 N–H and O–H groups in total. The molecule has 0 radical (unpaired) electrons. The summed E-state index contributed by atoms with van der Waals surface area (Å²) in [5, 5.41) is 12.0. The zero-order valence-corrected chi connectivity index (χ0v) is 13.0. The second-order valence-corrected chi connectivity index (χ2v) is 6.20. The maximum atomic E-state index is 12.7.